The number of halogens is 4. The minimum Gasteiger partial charge on any atom is -0.493 e. The molecular weight excluding hydrogens is 631 g/mol. The second-order valence-corrected chi connectivity index (χ2v) is 12.5. The molecule has 7 nitrogen and oxygen atoms in total. The smallest absolute Gasteiger partial charge is 0.417 e. The normalized spacial score (nSPS) is 15.6. The van der Waals surface area contributed by atoms with Gasteiger partial charge in [-0.3, -0.25) is 14.7 Å². The third-order valence-corrected chi connectivity index (χ3v) is 9.34. The number of hydrogen-bond donors (Lipinski definition) is 1. The van der Waals surface area contributed by atoms with Crippen LogP contribution in [-0.2, 0) is 6.18 Å². The lowest BCUT2D eigenvalue weighted by atomic mass is 10.0. The van der Waals surface area contributed by atoms with Gasteiger partial charge in [0.2, 0.25) is 0 Å². The molecule has 2 aliphatic carbocycles. The molecule has 242 valence electrons. The number of hydrogen-bond acceptors (Lipinski definition) is 6. The van der Waals surface area contributed by atoms with Crippen molar-refractivity contribution in [3.05, 3.63) is 95.1 Å². The van der Waals surface area contributed by atoms with E-state index < -0.39 is 22.7 Å². The van der Waals surface area contributed by atoms with Gasteiger partial charge in [0.15, 0.2) is 11.5 Å². The average Bonchev–Trinajstić information content (AvgIpc) is 3.99. The van der Waals surface area contributed by atoms with Crippen LogP contribution in [0.25, 0.3) is 21.7 Å². The van der Waals surface area contributed by atoms with Crippen LogP contribution in [-0.4, -0.2) is 48.1 Å². The molecule has 47 heavy (non-hydrogen) atoms. The summed E-state index contributed by atoms with van der Waals surface area (Å²) in [6.07, 6.45) is 1.75. The molecule has 1 amide bonds. The number of likely N-dealkylation sites (N-methyl/N-ethyl adjacent to an activating group) is 1. The van der Waals surface area contributed by atoms with Crippen LogP contribution in [0.5, 0.6) is 23.0 Å². The fourth-order valence-corrected chi connectivity index (χ4v) is 6.19. The van der Waals surface area contributed by atoms with E-state index in [1.54, 1.807) is 49.7 Å². The summed E-state index contributed by atoms with van der Waals surface area (Å²) in [6, 6.07) is 19.8. The van der Waals surface area contributed by atoms with E-state index >= 15 is 0 Å². The molecule has 2 aliphatic rings. The van der Waals surface area contributed by atoms with Crippen molar-refractivity contribution in [1.29, 1.82) is 0 Å². The molecule has 1 N–H and O–H groups in total. The van der Waals surface area contributed by atoms with Gasteiger partial charge in [-0.25, -0.2) is 0 Å². The predicted octanol–water partition coefficient (Wildman–Crippen LogP) is 9.12. The highest BCUT2D eigenvalue weighted by atomic mass is 35.5. The van der Waals surface area contributed by atoms with Crippen molar-refractivity contribution in [2.75, 3.05) is 26.1 Å². The van der Waals surface area contributed by atoms with Crippen molar-refractivity contribution in [2.45, 2.75) is 43.4 Å². The van der Waals surface area contributed by atoms with E-state index in [0.717, 1.165) is 30.4 Å². The molecule has 0 spiro atoms. The lowest BCUT2D eigenvalue weighted by Crippen LogP contribution is -2.40. The van der Waals surface area contributed by atoms with Crippen LogP contribution in [0, 0.1) is 0 Å². The monoisotopic (exact) mass is 661 g/mol. The molecule has 0 bridgehead atoms. The summed E-state index contributed by atoms with van der Waals surface area (Å²) in [5.41, 5.74) is 0.0255. The SMILES string of the molecule is COc1cc2c(Oc3ccc4c(C(=O)Nc5ccc(Cl)c(C(F)(F)F)c5)cccc4c3)ccnc2cc1OCC1(N(C)C2CC2)CC1. The van der Waals surface area contributed by atoms with E-state index in [4.69, 9.17) is 25.8 Å². The van der Waals surface area contributed by atoms with Crippen LogP contribution in [0.2, 0.25) is 5.02 Å². The second kappa shape index (κ2) is 11.9. The van der Waals surface area contributed by atoms with E-state index in [0.29, 0.717) is 57.5 Å². The maximum atomic E-state index is 13.3. The average molecular weight is 662 g/mol. The first-order valence-corrected chi connectivity index (χ1v) is 15.6. The van der Waals surface area contributed by atoms with Gasteiger partial charge in [0, 0.05) is 34.9 Å². The number of benzene rings is 4. The highest BCUT2D eigenvalue weighted by Crippen LogP contribution is 2.47. The van der Waals surface area contributed by atoms with E-state index in [-0.39, 0.29) is 11.2 Å². The summed E-state index contributed by atoms with van der Waals surface area (Å²) < 4.78 is 58.3. The van der Waals surface area contributed by atoms with Gasteiger partial charge < -0.3 is 19.5 Å². The minimum absolute atomic E-state index is 0.0186. The van der Waals surface area contributed by atoms with Crippen LogP contribution < -0.4 is 19.5 Å². The zero-order valence-corrected chi connectivity index (χ0v) is 26.4. The first kappa shape index (κ1) is 31.1. The third kappa shape index (κ3) is 6.27. The molecular formula is C36H31ClF3N3O4. The number of methoxy groups -OCH3 is 1. The van der Waals surface area contributed by atoms with E-state index in [1.807, 2.05) is 18.2 Å². The van der Waals surface area contributed by atoms with Crippen molar-refractivity contribution in [2.24, 2.45) is 0 Å². The molecule has 1 heterocycles. The summed E-state index contributed by atoms with van der Waals surface area (Å²) in [5, 5.41) is 4.16. The van der Waals surface area contributed by atoms with Gasteiger partial charge >= 0.3 is 6.18 Å². The van der Waals surface area contributed by atoms with Crippen molar-refractivity contribution in [1.82, 2.24) is 9.88 Å². The number of pyridine rings is 1. The molecule has 1 aromatic heterocycles. The lowest BCUT2D eigenvalue weighted by molar-refractivity contribution is -0.137. The van der Waals surface area contributed by atoms with Crippen molar-refractivity contribution in [3.8, 4) is 23.0 Å². The van der Waals surface area contributed by atoms with E-state index in [2.05, 4.69) is 22.2 Å². The molecule has 0 radical (unpaired) electrons. The minimum atomic E-state index is -4.65. The number of alkyl halides is 3. The standard InChI is InChI=1S/C36H31ClF3N3O4/c1-43(23-7-8-23)35(13-14-35)20-46-33-19-30-27(18-32(33)45-2)31(12-15-41-30)47-24-9-10-25-21(16-24)4-3-5-26(25)34(44)42-22-6-11-29(37)28(17-22)36(38,39)40/h3-6,9-12,15-19,23H,7-8,13-14,20H2,1-2H3,(H,42,44). The second-order valence-electron chi connectivity index (χ2n) is 12.1. The third-order valence-electron chi connectivity index (χ3n) is 9.01. The fourth-order valence-electron chi connectivity index (χ4n) is 5.96. The van der Waals surface area contributed by atoms with Crippen LogP contribution >= 0.6 is 11.6 Å². The Morgan fingerprint density at radius 2 is 1.81 bits per heavy atom. The van der Waals surface area contributed by atoms with Crippen molar-refractivity contribution < 1.29 is 32.2 Å². The summed E-state index contributed by atoms with van der Waals surface area (Å²) in [4.78, 5) is 20.2. The van der Waals surface area contributed by atoms with Gasteiger partial charge in [-0.15, -0.1) is 0 Å². The zero-order valence-electron chi connectivity index (χ0n) is 25.7. The maximum Gasteiger partial charge on any atom is 0.417 e. The largest absolute Gasteiger partial charge is 0.493 e. The molecule has 5 aromatic rings. The number of ether oxygens (including phenoxy) is 3. The number of nitrogens with zero attached hydrogens (tertiary/aromatic N) is 2. The number of anilines is 1. The number of fused-ring (bicyclic) bond motifs is 2. The Balaban J connectivity index is 1.11. The Bertz CT molecular complexity index is 2010. The highest BCUT2D eigenvalue weighted by molar-refractivity contribution is 6.31. The zero-order chi connectivity index (χ0) is 32.9. The number of carbonyl (C=O) groups excluding carboxylic acids is 1. The van der Waals surface area contributed by atoms with Gasteiger partial charge in [-0.1, -0.05) is 23.7 Å². The Morgan fingerprint density at radius 3 is 2.53 bits per heavy atom. The highest BCUT2D eigenvalue weighted by Gasteiger charge is 2.51. The van der Waals surface area contributed by atoms with Gasteiger partial charge in [0.05, 0.1) is 28.8 Å². The number of rotatable bonds is 10. The van der Waals surface area contributed by atoms with Gasteiger partial charge in [0.1, 0.15) is 18.1 Å². The first-order valence-electron chi connectivity index (χ1n) is 15.3. The number of carbonyl (C=O) groups is 1. The number of aromatic nitrogens is 1. The topological polar surface area (TPSA) is 72.9 Å². The molecule has 4 aromatic carbocycles. The van der Waals surface area contributed by atoms with Gasteiger partial charge in [-0.2, -0.15) is 13.2 Å². The van der Waals surface area contributed by atoms with Crippen molar-refractivity contribution in [3.63, 3.8) is 0 Å². The summed E-state index contributed by atoms with van der Waals surface area (Å²) in [6.45, 7) is 0.587. The molecule has 2 fully saturated rings. The summed E-state index contributed by atoms with van der Waals surface area (Å²) in [5.74, 6) is 1.73. The number of amides is 1. The number of nitrogens with one attached hydrogen (secondary N) is 1. The van der Waals surface area contributed by atoms with Crippen LogP contribution in [0.15, 0.2) is 79.0 Å². The molecule has 11 heteroatoms. The Labute approximate surface area is 274 Å². The Morgan fingerprint density at radius 1 is 1.00 bits per heavy atom. The van der Waals surface area contributed by atoms with Crippen molar-refractivity contribution >= 4 is 44.9 Å². The van der Waals surface area contributed by atoms with Crippen LogP contribution in [0.3, 0.4) is 0 Å². The Kier molecular flexibility index (Phi) is 7.88. The molecule has 0 aliphatic heterocycles. The molecule has 7 rings (SSSR count). The van der Waals surface area contributed by atoms with Crippen LogP contribution in [0.1, 0.15) is 41.6 Å². The lowest BCUT2D eigenvalue weighted by Gasteiger charge is -2.28. The van der Waals surface area contributed by atoms with Gasteiger partial charge in [0.25, 0.3) is 5.91 Å². The summed E-state index contributed by atoms with van der Waals surface area (Å²) in [7, 11) is 3.80. The van der Waals surface area contributed by atoms with E-state index in [9.17, 15) is 18.0 Å². The fraction of sp³-hybridized carbons (Fsp3) is 0.278. The maximum absolute atomic E-state index is 13.3. The summed E-state index contributed by atoms with van der Waals surface area (Å²) >= 11 is 5.73. The predicted molar refractivity (Wildman–Crippen MR) is 175 cm³/mol. The Hall–Kier alpha value is -4.54. The molecule has 0 saturated heterocycles. The molecule has 0 atom stereocenters. The van der Waals surface area contributed by atoms with Gasteiger partial charge in [-0.05, 0) is 98.1 Å². The van der Waals surface area contributed by atoms with E-state index in [1.165, 1.54) is 18.9 Å². The molecule has 0 unspecified atom stereocenters. The van der Waals surface area contributed by atoms with Crippen LogP contribution in [0.4, 0.5) is 18.9 Å². The molecule has 2 saturated carbocycles. The quantitative estimate of drug-likeness (QED) is 0.161. The first-order chi connectivity index (χ1) is 22.5.